The fraction of sp³-hybridized carbons (Fsp3) is 0. The summed E-state index contributed by atoms with van der Waals surface area (Å²) in [5.41, 5.74) is 11.4. The summed E-state index contributed by atoms with van der Waals surface area (Å²) < 4.78 is 4.48. The van der Waals surface area contributed by atoms with Gasteiger partial charge in [-0.1, -0.05) is 121 Å². The van der Waals surface area contributed by atoms with Crippen LogP contribution in [0.3, 0.4) is 0 Å². The van der Waals surface area contributed by atoms with Crippen molar-refractivity contribution in [3.05, 3.63) is 187 Å². The molecule has 0 amide bonds. The fourth-order valence-electron chi connectivity index (χ4n) is 8.08. The maximum absolute atomic E-state index is 10.1. The average molecular weight is 688 g/mol. The maximum Gasteiger partial charge on any atom is 0.140 e. The second kappa shape index (κ2) is 12.5. The Hall–Kier alpha value is -7.73. The quantitative estimate of drug-likeness (QED) is 0.181. The van der Waals surface area contributed by atoms with Crippen molar-refractivity contribution in [1.29, 1.82) is 10.5 Å². The van der Waals surface area contributed by atoms with Gasteiger partial charge in [0.1, 0.15) is 11.6 Å². The number of nitriles is 2. The van der Waals surface area contributed by atoms with E-state index in [9.17, 15) is 10.5 Å². The molecule has 0 fully saturated rings. The molecule has 0 unspecified atom stereocenters. The Morgan fingerprint density at radius 2 is 0.796 bits per heavy atom. The number of hydrogen-bond acceptors (Lipinski definition) is 3. The molecule has 0 saturated heterocycles. The van der Waals surface area contributed by atoms with E-state index in [-0.39, 0.29) is 0 Å². The van der Waals surface area contributed by atoms with Gasteiger partial charge in [0, 0.05) is 27.1 Å². The number of rotatable bonds is 5. The second-order valence-corrected chi connectivity index (χ2v) is 13.4. The average Bonchev–Trinajstić information content (AvgIpc) is 3.76. The highest BCUT2D eigenvalue weighted by atomic mass is 15.1. The third kappa shape index (κ3) is 4.81. The molecule has 0 bridgehead atoms. The van der Waals surface area contributed by atoms with Gasteiger partial charge in [-0.05, 0) is 82.4 Å². The SMILES string of the molecule is N#Cc1ccc2c(c1)c1ccccc1n2-c1cc(-c2ccccc2-c2ccccc2-c2ccccc2C#N)cc(-n2c3ccccc3c3ccccc32)n1. The number of pyridine rings is 1. The van der Waals surface area contributed by atoms with E-state index in [4.69, 9.17) is 4.98 Å². The smallest absolute Gasteiger partial charge is 0.140 e. The van der Waals surface area contributed by atoms with Gasteiger partial charge in [-0.2, -0.15) is 10.5 Å². The molecule has 0 aliphatic rings. The third-order valence-corrected chi connectivity index (χ3v) is 10.4. The highest BCUT2D eigenvalue weighted by molar-refractivity contribution is 6.11. The van der Waals surface area contributed by atoms with Crippen LogP contribution in [0.15, 0.2) is 176 Å². The number of benzene rings is 7. The minimum atomic E-state index is 0.614. The van der Waals surface area contributed by atoms with Crippen LogP contribution < -0.4 is 0 Å². The van der Waals surface area contributed by atoms with Gasteiger partial charge in [0.2, 0.25) is 0 Å². The van der Waals surface area contributed by atoms with Gasteiger partial charge >= 0.3 is 0 Å². The Morgan fingerprint density at radius 3 is 1.35 bits per heavy atom. The molecule has 3 heterocycles. The van der Waals surface area contributed by atoms with Crippen LogP contribution in [0.2, 0.25) is 0 Å². The van der Waals surface area contributed by atoms with Crippen molar-refractivity contribution in [3.63, 3.8) is 0 Å². The molecule has 5 heteroatoms. The predicted octanol–water partition coefficient (Wildman–Crippen LogP) is 12.0. The van der Waals surface area contributed by atoms with Crippen LogP contribution in [-0.4, -0.2) is 14.1 Å². The van der Waals surface area contributed by atoms with E-state index in [1.54, 1.807) is 0 Å². The fourth-order valence-corrected chi connectivity index (χ4v) is 8.08. The number of para-hydroxylation sites is 3. The topological polar surface area (TPSA) is 70.3 Å². The Kier molecular flexibility index (Phi) is 7.18. The van der Waals surface area contributed by atoms with E-state index in [0.717, 1.165) is 88.6 Å². The normalized spacial score (nSPS) is 11.3. The maximum atomic E-state index is 10.1. The molecule has 0 spiro atoms. The highest BCUT2D eigenvalue weighted by Gasteiger charge is 2.21. The van der Waals surface area contributed by atoms with Crippen LogP contribution in [0.4, 0.5) is 0 Å². The van der Waals surface area contributed by atoms with E-state index in [2.05, 4.69) is 137 Å². The highest BCUT2D eigenvalue weighted by Crippen LogP contribution is 2.41. The minimum absolute atomic E-state index is 0.614. The first-order chi connectivity index (χ1) is 26.7. The van der Waals surface area contributed by atoms with E-state index in [0.29, 0.717) is 11.1 Å². The zero-order valence-electron chi connectivity index (χ0n) is 29.0. The summed E-state index contributed by atoms with van der Waals surface area (Å²) in [5.74, 6) is 1.55. The lowest BCUT2D eigenvalue weighted by atomic mass is 9.88. The zero-order chi connectivity index (χ0) is 36.2. The molecule has 250 valence electrons. The molecule has 0 radical (unpaired) electrons. The van der Waals surface area contributed by atoms with Crippen LogP contribution in [0, 0.1) is 22.7 Å². The Labute approximate surface area is 311 Å². The van der Waals surface area contributed by atoms with Crippen molar-refractivity contribution >= 4 is 43.6 Å². The van der Waals surface area contributed by atoms with Gasteiger partial charge in [-0.3, -0.25) is 9.13 Å². The van der Waals surface area contributed by atoms with Crippen molar-refractivity contribution in [3.8, 4) is 57.2 Å². The molecule has 3 aromatic heterocycles. The largest absolute Gasteiger partial charge is 0.294 e. The van der Waals surface area contributed by atoms with Crippen molar-refractivity contribution < 1.29 is 0 Å². The van der Waals surface area contributed by atoms with E-state index < -0.39 is 0 Å². The minimum Gasteiger partial charge on any atom is -0.294 e. The number of hydrogen-bond donors (Lipinski definition) is 0. The lowest BCUT2D eigenvalue weighted by molar-refractivity contribution is 1.01. The summed E-state index contributed by atoms with van der Waals surface area (Å²) >= 11 is 0. The molecular weight excluding hydrogens is 659 g/mol. The Morgan fingerprint density at radius 1 is 0.370 bits per heavy atom. The first kappa shape index (κ1) is 31.0. The van der Waals surface area contributed by atoms with Gasteiger partial charge < -0.3 is 0 Å². The molecular formula is C49H29N5. The lowest BCUT2D eigenvalue weighted by Gasteiger charge is -2.18. The Bertz CT molecular complexity index is 3150. The molecule has 5 nitrogen and oxygen atoms in total. The van der Waals surface area contributed by atoms with Crippen molar-refractivity contribution in [1.82, 2.24) is 14.1 Å². The molecule has 7 aromatic carbocycles. The molecule has 0 saturated carbocycles. The molecule has 0 aliphatic carbocycles. The summed E-state index contributed by atoms with van der Waals surface area (Å²) in [4.78, 5) is 5.50. The van der Waals surface area contributed by atoms with Crippen LogP contribution in [-0.2, 0) is 0 Å². The molecule has 10 aromatic rings. The van der Waals surface area contributed by atoms with E-state index >= 15 is 0 Å². The number of aromatic nitrogens is 3. The summed E-state index contributed by atoms with van der Waals surface area (Å²) in [7, 11) is 0. The Balaban J connectivity index is 1.30. The van der Waals surface area contributed by atoms with Crippen LogP contribution >= 0.6 is 0 Å². The summed E-state index contributed by atoms with van der Waals surface area (Å²) in [6, 6.07) is 64.8. The van der Waals surface area contributed by atoms with Gasteiger partial charge in [-0.15, -0.1) is 0 Å². The first-order valence-corrected chi connectivity index (χ1v) is 17.8. The molecule has 10 rings (SSSR count). The summed E-state index contributed by atoms with van der Waals surface area (Å²) in [6.07, 6.45) is 0. The van der Waals surface area contributed by atoms with Gasteiger partial charge in [0.25, 0.3) is 0 Å². The monoisotopic (exact) mass is 687 g/mol. The molecule has 0 aliphatic heterocycles. The van der Waals surface area contributed by atoms with Crippen LogP contribution in [0.5, 0.6) is 0 Å². The lowest BCUT2D eigenvalue weighted by Crippen LogP contribution is -2.04. The van der Waals surface area contributed by atoms with E-state index in [1.807, 2.05) is 60.7 Å². The summed E-state index contributed by atoms with van der Waals surface area (Å²) in [5, 5.41) is 24.3. The van der Waals surface area contributed by atoms with Crippen LogP contribution in [0.25, 0.3) is 88.6 Å². The predicted molar refractivity (Wildman–Crippen MR) is 219 cm³/mol. The van der Waals surface area contributed by atoms with Crippen molar-refractivity contribution in [2.75, 3.05) is 0 Å². The van der Waals surface area contributed by atoms with Crippen molar-refractivity contribution in [2.45, 2.75) is 0 Å². The summed E-state index contributed by atoms with van der Waals surface area (Å²) in [6.45, 7) is 0. The first-order valence-electron chi connectivity index (χ1n) is 17.8. The molecule has 0 N–H and O–H groups in total. The van der Waals surface area contributed by atoms with Gasteiger partial charge in [0.15, 0.2) is 0 Å². The molecule has 0 atom stereocenters. The standard InChI is InChI=1S/C49H29N5/c50-30-32-25-26-47-43(27-32)42-21-9-12-24-46(42)54(47)49-29-34(28-48(52-49)53-44-22-10-7-19-40(44)41-20-8-11-23-45(41)53)36-15-3-4-17-38(36)39-18-6-5-16-37(39)35-14-2-1-13-33(35)31-51/h1-29H. The van der Waals surface area contributed by atoms with E-state index in [1.165, 1.54) is 0 Å². The molecule has 54 heavy (non-hydrogen) atoms. The third-order valence-electron chi connectivity index (χ3n) is 10.4. The van der Waals surface area contributed by atoms with Crippen molar-refractivity contribution in [2.24, 2.45) is 0 Å². The number of fused-ring (bicyclic) bond motifs is 6. The number of nitrogens with zero attached hydrogens (tertiary/aromatic N) is 5. The zero-order valence-corrected chi connectivity index (χ0v) is 29.0. The van der Waals surface area contributed by atoms with Gasteiger partial charge in [0.05, 0.1) is 45.3 Å². The van der Waals surface area contributed by atoms with Gasteiger partial charge in [-0.25, -0.2) is 4.98 Å². The second-order valence-electron chi connectivity index (χ2n) is 13.4. The van der Waals surface area contributed by atoms with Crippen LogP contribution in [0.1, 0.15) is 11.1 Å².